The van der Waals surface area contributed by atoms with Crippen LogP contribution >= 0.6 is 15.9 Å². The lowest BCUT2D eigenvalue weighted by molar-refractivity contribution is -0.122. The number of anilines is 1. The van der Waals surface area contributed by atoms with E-state index in [-0.39, 0.29) is 28.6 Å². The number of hydrogen-bond donors (Lipinski definition) is 1. The number of nitrogens with zero attached hydrogens (tertiary/aromatic N) is 1. The number of carbonyl (C=O) groups is 3. The Morgan fingerprint density at radius 2 is 1.66 bits per heavy atom. The highest BCUT2D eigenvalue weighted by atomic mass is 79.9. The van der Waals surface area contributed by atoms with Crippen molar-refractivity contribution in [1.29, 1.82) is 0 Å². The van der Waals surface area contributed by atoms with Crippen molar-refractivity contribution in [3.8, 4) is 11.5 Å². The molecular weight excluding hydrogens is 576 g/mol. The van der Waals surface area contributed by atoms with Gasteiger partial charge in [0.2, 0.25) is 0 Å². The van der Waals surface area contributed by atoms with Gasteiger partial charge in [-0.2, -0.15) is 8.42 Å². The topological polar surface area (TPSA) is 119 Å². The molecule has 1 aliphatic heterocycles. The van der Waals surface area contributed by atoms with E-state index in [0.717, 1.165) is 20.5 Å². The molecule has 4 amide bonds. The number of carbonyl (C=O) groups excluding carboxylic acids is 3. The molecule has 0 spiro atoms. The van der Waals surface area contributed by atoms with Crippen molar-refractivity contribution in [2.24, 2.45) is 0 Å². The fraction of sp³-hybridized carbons (Fsp3) is 0.148. The van der Waals surface area contributed by atoms with E-state index < -0.39 is 28.0 Å². The average Bonchev–Trinajstić information content (AvgIpc) is 2.85. The van der Waals surface area contributed by atoms with E-state index in [2.05, 4.69) is 21.2 Å². The van der Waals surface area contributed by atoms with Crippen molar-refractivity contribution in [3.05, 3.63) is 87.4 Å². The Hall–Kier alpha value is -3.96. The third kappa shape index (κ3) is 5.63. The Labute approximate surface area is 228 Å². The number of rotatable bonds is 7. The molecular formula is C27H23BrN2O7S. The van der Waals surface area contributed by atoms with Crippen LogP contribution in [0.1, 0.15) is 23.6 Å². The van der Waals surface area contributed by atoms with Crippen LogP contribution in [0.5, 0.6) is 11.5 Å². The van der Waals surface area contributed by atoms with Gasteiger partial charge in [0.05, 0.1) is 12.3 Å². The minimum Gasteiger partial charge on any atom is -0.490 e. The zero-order chi connectivity index (χ0) is 27.6. The summed E-state index contributed by atoms with van der Waals surface area (Å²) >= 11 is 3.38. The number of hydrogen-bond acceptors (Lipinski definition) is 7. The quantitative estimate of drug-likeness (QED) is 0.233. The summed E-state index contributed by atoms with van der Waals surface area (Å²) in [6.45, 7) is 5.56. The first kappa shape index (κ1) is 27.1. The fourth-order valence-electron chi connectivity index (χ4n) is 3.65. The van der Waals surface area contributed by atoms with Gasteiger partial charge in [0.15, 0.2) is 11.5 Å². The Bertz CT molecular complexity index is 1580. The number of aryl methyl sites for hydroxylation is 2. The number of halogens is 1. The van der Waals surface area contributed by atoms with Crippen LogP contribution < -0.4 is 19.1 Å². The Balaban J connectivity index is 1.67. The maximum atomic E-state index is 13.2. The first-order valence-corrected chi connectivity index (χ1v) is 13.7. The van der Waals surface area contributed by atoms with Gasteiger partial charge in [-0.1, -0.05) is 39.7 Å². The third-order valence-electron chi connectivity index (χ3n) is 5.59. The molecule has 0 saturated carbocycles. The average molecular weight is 599 g/mol. The number of benzene rings is 3. The van der Waals surface area contributed by atoms with E-state index in [4.69, 9.17) is 8.92 Å². The monoisotopic (exact) mass is 598 g/mol. The van der Waals surface area contributed by atoms with Crippen LogP contribution in [0.25, 0.3) is 6.08 Å². The first-order valence-electron chi connectivity index (χ1n) is 11.5. The molecule has 0 unspecified atom stereocenters. The first-order chi connectivity index (χ1) is 18.0. The molecule has 38 heavy (non-hydrogen) atoms. The van der Waals surface area contributed by atoms with Crippen molar-refractivity contribution in [3.63, 3.8) is 0 Å². The van der Waals surface area contributed by atoms with E-state index in [0.29, 0.717) is 11.3 Å². The number of amides is 4. The van der Waals surface area contributed by atoms with Gasteiger partial charge in [0.1, 0.15) is 10.5 Å². The molecule has 1 heterocycles. The Morgan fingerprint density at radius 1 is 0.947 bits per heavy atom. The number of urea groups is 1. The normalized spacial score (nSPS) is 15.0. The molecule has 1 fully saturated rings. The molecule has 3 aromatic rings. The summed E-state index contributed by atoms with van der Waals surface area (Å²) in [5, 5.41) is 2.18. The summed E-state index contributed by atoms with van der Waals surface area (Å²) in [6.07, 6.45) is 1.30. The van der Waals surface area contributed by atoms with Crippen molar-refractivity contribution >= 4 is 55.7 Å². The molecule has 0 aliphatic carbocycles. The Morgan fingerprint density at radius 3 is 2.32 bits per heavy atom. The van der Waals surface area contributed by atoms with Gasteiger partial charge in [-0.05, 0) is 80.4 Å². The maximum Gasteiger partial charge on any atom is 0.339 e. The summed E-state index contributed by atoms with van der Waals surface area (Å²) in [5.74, 6) is -1.63. The van der Waals surface area contributed by atoms with Gasteiger partial charge >= 0.3 is 16.1 Å². The largest absolute Gasteiger partial charge is 0.490 e. The lowest BCUT2D eigenvalue weighted by Crippen LogP contribution is -2.54. The second-order valence-corrected chi connectivity index (χ2v) is 10.8. The molecule has 9 nitrogen and oxygen atoms in total. The SMILES string of the molecule is CCOc1cc(/C=C2/C(=O)NC(=O)N(c3ccc(Br)c(C)c3)C2=O)ccc1OS(=O)(=O)c1ccc(C)cc1. The third-order valence-corrected chi connectivity index (χ3v) is 7.73. The van der Waals surface area contributed by atoms with Gasteiger partial charge < -0.3 is 8.92 Å². The van der Waals surface area contributed by atoms with Crippen LogP contribution in [0.4, 0.5) is 10.5 Å². The number of ether oxygens (including phenoxy) is 1. The van der Waals surface area contributed by atoms with E-state index in [1.807, 2.05) is 6.92 Å². The molecule has 1 N–H and O–H groups in total. The van der Waals surface area contributed by atoms with Crippen LogP contribution in [-0.4, -0.2) is 32.9 Å². The minimum absolute atomic E-state index is 0.0193. The molecule has 0 bridgehead atoms. The standard InChI is InChI=1S/C27H23BrN2O7S/c1-4-36-24-15-18(7-12-23(24)37-38(34,35)20-9-5-16(2)6-10-20)14-21-25(31)29-27(33)30(26(21)32)19-8-11-22(28)17(3)13-19/h5-15H,4H2,1-3H3,(H,29,31,33)/b21-14-. The van der Waals surface area contributed by atoms with Crippen LogP contribution in [0.3, 0.4) is 0 Å². The fourth-order valence-corrected chi connectivity index (χ4v) is 4.84. The summed E-state index contributed by atoms with van der Waals surface area (Å²) in [7, 11) is -4.14. The zero-order valence-electron chi connectivity index (χ0n) is 20.6. The number of nitrogens with one attached hydrogen (secondary N) is 1. The van der Waals surface area contributed by atoms with Gasteiger partial charge in [0.25, 0.3) is 11.8 Å². The summed E-state index contributed by atoms with van der Waals surface area (Å²) in [6, 6.07) is 14.5. The van der Waals surface area contributed by atoms with Gasteiger partial charge in [-0.3, -0.25) is 14.9 Å². The van der Waals surface area contributed by atoms with E-state index >= 15 is 0 Å². The number of barbiturate groups is 1. The zero-order valence-corrected chi connectivity index (χ0v) is 23.1. The summed E-state index contributed by atoms with van der Waals surface area (Å²) < 4.78 is 37.3. The Kier molecular flexibility index (Phi) is 7.70. The maximum absolute atomic E-state index is 13.2. The predicted molar refractivity (Wildman–Crippen MR) is 144 cm³/mol. The molecule has 11 heteroatoms. The highest BCUT2D eigenvalue weighted by molar-refractivity contribution is 9.10. The minimum atomic E-state index is -4.14. The van der Waals surface area contributed by atoms with Crippen molar-refractivity contribution < 1.29 is 31.7 Å². The predicted octanol–water partition coefficient (Wildman–Crippen LogP) is 4.90. The molecule has 1 saturated heterocycles. The summed E-state index contributed by atoms with van der Waals surface area (Å²) in [4.78, 5) is 39.2. The highest BCUT2D eigenvalue weighted by Crippen LogP contribution is 2.33. The van der Waals surface area contributed by atoms with Crippen LogP contribution in [-0.2, 0) is 19.7 Å². The molecule has 1 aliphatic rings. The van der Waals surface area contributed by atoms with Gasteiger partial charge in [-0.25, -0.2) is 9.69 Å². The van der Waals surface area contributed by atoms with Crippen molar-refractivity contribution in [1.82, 2.24) is 5.32 Å². The smallest absolute Gasteiger partial charge is 0.339 e. The molecule has 4 rings (SSSR count). The second-order valence-electron chi connectivity index (χ2n) is 8.38. The lowest BCUT2D eigenvalue weighted by Gasteiger charge is -2.26. The van der Waals surface area contributed by atoms with Crippen LogP contribution in [0.2, 0.25) is 0 Å². The second kappa shape index (κ2) is 10.8. The van der Waals surface area contributed by atoms with Gasteiger partial charge in [-0.15, -0.1) is 0 Å². The number of imide groups is 2. The highest BCUT2D eigenvalue weighted by Gasteiger charge is 2.37. The molecule has 196 valence electrons. The lowest BCUT2D eigenvalue weighted by atomic mass is 10.1. The summed E-state index contributed by atoms with van der Waals surface area (Å²) in [5.41, 5.74) is 2.06. The molecule has 0 atom stereocenters. The molecule has 0 radical (unpaired) electrons. The van der Waals surface area contributed by atoms with Crippen molar-refractivity contribution in [2.45, 2.75) is 25.7 Å². The molecule has 3 aromatic carbocycles. The van der Waals surface area contributed by atoms with Gasteiger partial charge in [0, 0.05) is 4.47 Å². The van der Waals surface area contributed by atoms with Crippen molar-refractivity contribution in [2.75, 3.05) is 11.5 Å². The van der Waals surface area contributed by atoms with Crippen LogP contribution in [0.15, 0.2) is 75.6 Å². The van der Waals surface area contributed by atoms with E-state index in [1.54, 1.807) is 44.2 Å². The van der Waals surface area contributed by atoms with Crippen LogP contribution in [0, 0.1) is 13.8 Å². The van der Waals surface area contributed by atoms with E-state index in [1.165, 1.54) is 36.4 Å². The van der Waals surface area contributed by atoms with E-state index in [9.17, 15) is 22.8 Å². The molecule has 0 aromatic heterocycles.